The van der Waals surface area contributed by atoms with E-state index in [-0.39, 0.29) is 12.3 Å². The molecule has 0 saturated heterocycles. The lowest BCUT2D eigenvalue weighted by Crippen LogP contribution is -2.09. The molecule has 0 spiro atoms. The Labute approximate surface area is 112 Å². The van der Waals surface area contributed by atoms with E-state index in [1.807, 2.05) is 24.3 Å². The van der Waals surface area contributed by atoms with Gasteiger partial charge in [0.25, 0.3) is 0 Å². The fourth-order valence-corrected chi connectivity index (χ4v) is 1.86. The summed E-state index contributed by atoms with van der Waals surface area (Å²) in [5.41, 5.74) is 0.142. The quantitative estimate of drug-likeness (QED) is 0.942. The summed E-state index contributed by atoms with van der Waals surface area (Å²) >= 11 is 3.35. The zero-order valence-corrected chi connectivity index (χ0v) is 11.2. The van der Waals surface area contributed by atoms with Gasteiger partial charge in [0.2, 0.25) is 0 Å². The minimum absolute atomic E-state index is 0.142. The summed E-state index contributed by atoms with van der Waals surface area (Å²) < 4.78 is 7.96. The molecule has 1 aromatic heterocycles. The van der Waals surface area contributed by atoms with Crippen molar-refractivity contribution in [3.63, 3.8) is 0 Å². The first-order valence-electron chi connectivity index (χ1n) is 5.20. The zero-order chi connectivity index (χ0) is 13.1. The number of carboxylic acids is 1. The molecule has 5 nitrogen and oxygen atoms in total. The number of imidazole rings is 1. The lowest BCUT2D eigenvalue weighted by Gasteiger charge is -2.07. The molecule has 0 aliphatic rings. The predicted molar refractivity (Wildman–Crippen MR) is 68.6 cm³/mol. The SMILES string of the molecule is Cn1c(C(=O)O)cnc1COc1cccc(Br)c1. The van der Waals surface area contributed by atoms with E-state index in [9.17, 15) is 4.79 Å². The smallest absolute Gasteiger partial charge is 0.354 e. The van der Waals surface area contributed by atoms with Crippen LogP contribution in [0.3, 0.4) is 0 Å². The van der Waals surface area contributed by atoms with Gasteiger partial charge in [0.15, 0.2) is 0 Å². The molecule has 0 amide bonds. The number of carbonyl (C=O) groups is 1. The Balaban J connectivity index is 2.09. The molecule has 1 heterocycles. The van der Waals surface area contributed by atoms with Crippen LogP contribution in [0, 0.1) is 0 Å². The normalized spacial score (nSPS) is 10.3. The van der Waals surface area contributed by atoms with Gasteiger partial charge in [-0.05, 0) is 18.2 Å². The molecule has 0 aliphatic heterocycles. The average molecular weight is 311 g/mol. The lowest BCUT2D eigenvalue weighted by molar-refractivity contribution is 0.0686. The first kappa shape index (κ1) is 12.6. The van der Waals surface area contributed by atoms with Gasteiger partial charge in [0.05, 0.1) is 6.20 Å². The molecule has 2 aromatic rings. The van der Waals surface area contributed by atoms with Gasteiger partial charge >= 0.3 is 5.97 Å². The lowest BCUT2D eigenvalue weighted by atomic mass is 10.3. The third-order valence-corrected chi connectivity index (χ3v) is 2.96. The van der Waals surface area contributed by atoms with Crippen LogP contribution in [-0.4, -0.2) is 20.6 Å². The highest BCUT2D eigenvalue weighted by Crippen LogP contribution is 2.18. The molecule has 0 aliphatic carbocycles. The van der Waals surface area contributed by atoms with Gasteiger partial charge in [-0.15, -0.1) is 0 Å². The molecule has 0 unspecified atom stereocenters. The largest absolute Gasteiger partial charge is 0.486 e. The first-order chi connectivity index (χ1) is 8.58. The molecular formula is C12H11BrN2O3. The van der Waals surface area contributed by atoms with Gasteiger partial charge in [-0.2, -0.15) is 0 Å². The summed E-state index contributed by atoms with van der Waals surface area (Å²) in [6.45, 7) is 0.222. The molecule has 0 atom stereocenters. The summed E-state index contributed by atoms with van der Waals surface area (Å²) in [6.07, 6.45) is 1.32. The van der Waals surface area contributed by atoms with E-state index >= 15 is 0 Å². The second kappa shape index (κ2) is 5.22. The monoisotopic (exact) mass is 310 g/mol. The van der Waals surface area contributed by atoms with Crippen molar-refractivity contribution in [2.45, 2.75) is 6.61 Å². The van der Waals surface area contributed by atoms with E-state index in [1.54, 1.807) is 7.05 Å². The number of aromatic nitrogens is 2. The first-order valence-corrected chi connectivity index (χ1v) is 5.99. The number of nitrogens with zero attached hydrogens (tertiary/aromatic N) is 2. The van der Waals surface area contributed by atoms with E-state index < -0.39 is 5.97 Å². The number of carboxylic acid groups (broad SMARTS) is 1. The summed E-state index contributed by atoms with van der Waals surface area (Å²) in [7, 11) is 1.65. The molecule has 6 heteroatoms. The topological polar surface area (TPSA) is 64.4 Å². The Morgan fingerprint density at radius 3 is 2.94 bits per heavy atom. The molecule has 18 heavy (non-hydrogen) atoms. The van der Waals surface area contributed by atoms with Gasteiger partial charge < -0.3 is 14.4 Å². The van der Waals surface area contributed by atoms with Crippen LogP contribution in [0.2, 0.25) is 0 Å². The number of aromatic carboxylic acids is 1. The predicted octanol–water partition coefficient (Wildman–Crippen LogP) is 2.46. The van der Waals surface area contributed by atoms with Crippen LogP contribution in [0.15, 0.2) is 34.9 Å². The number of halogens is 1. The molecule has 94 valence electrons. The van der Waals surface area contributed by atoms with Crippen LogP contribution in [-0.2, 0) is 13.7 Å². The molecule has 2 rings (SSSR count). The van der Waals surface area contributed by atoms with Crippen LogP contribution in [0.4, 0.5) is 0 Å². The average Bonchev–Trinajstić information content (AvgIpc) is 2.68. The Morgan fingerprint density at radius 2 is 2.33 bits per heavy atom. The van der Waals surface area contributed by atoms with Crippen LogP contribution in [0.5, 0.6) is 5.75 Å². The highest BCUT2D eigenvalue weighted by molar-refractivity contribution is 9.10. The second-order valence-corrected chi connectivity index (χ2v) is 4.59. The molecule has 0 fully saturated rings. The van der Waals surface area contributed by atoms with Crippen LogP contribution in [0.1, 0.15) is 16.3 Å². The van der Waals surface area contributed by atoms with Crippen molar-refractivity contribution < 1.29 is 14.6 Å². The third kappa shape index (κ3) is 2.70. The maximum absolute atomic E-state index is 10.8. The number of benzene rings is 1. The van der Waals surface area contributed by atoms with Crippen molar-refractivity contribution >= 4 is 21.9 Å². The number of hydrogen-bond donors (Lipinski definition) is 1. The van der Waals surface area contributed by atoms with E-state index in [2.05, 4.69) is 20.9 Å². The highest BCUT2D eigenvalue weighted by Gasteiger charge is 2.12. The van der Waals surface area contributed by atoms with Crippen molar-refractivity contribution in [2.24, 2.45) is 7.05 Å². The van der Waals surface area contributed by atoms with Gasteiger partial charge in [0.1, 0.15) is 23.9 Å². The van der Waals surface area contributed by atoms with Gasteiger partial charge in [0, 0.05) is 11.5 Å². The summed E-state index contributed by atoms with van der Waals surface area (Å²) in [4.78, 5) is 14.9. The van der Waals surface area contributed by atoms with Crippen molar-refractivity contribution in [2.75, 3.05) is 0 Å². The van der Waals surface area contributed by atoms with E-state index in [0.29, 0.717) is 11.6 Å². The van der Waals surface area contributed by atoms with Crippen LogP contribution in [0.25, 0.3) is 0 Å². The Kier molecular flexibility index (Phi) is 3.66. The summed E-state index contributed by atoms with van der Waals surface area (Å²) in [6, 6.07) is 7.42. The number of ether oxygens (including phenoxy) is 1. The molecule has 1 N–H and O–H groups in total. The fraction of sp³-hybridized carbons (Fsp3) is 0.167. The molecular weight excluding hydrogens is 300 g/mol. The van der Waals surface area contributed by atoms with Crippen molar-refractivity contribution in [3.05, 3.63) is 46.5 Å². The van der Waals surface area contributed by atoms with Gasteiger partial charge in [-0.3, -0.25) is 0 Å². The van der Waals surface area contributed by atoms with E-state index in [0.717, 1.165) is 4.47 Å². The Hall–Kier alpha value is -1.82. The highest BCUT2D eigenvalue weighted by atomic mass is 79.9. The third-order valence-electron chi connectivity index (χ3n) is 2.47. The van der Waals surface area contributed by atoms with E-state index in [4.69, 9.17) is 9.84 Å². The maximum atomic E-state index is 10.8. The molecule has 0 bridgehead atoms. The second-order valence-electron chi connectivity index (χ2n) is 3.67. The number of rotatable bonds is 4. The van der Waals surface area contributed by atoms with Crippen molar-refractivity contribution in [1.29, 1.82) is 0 Å². The van der Waals surface area contributed by atoms with Crippen LogP contribution < -0.4 is 4.74 Å². The standard InChI is InChI=1S/C12H11BrN2O3/c1-15-10(12(16)17)6-14-11(15)7-18-9-4-2-3-8(13)5-9/h2-6H,7H2,1H3,(H,16,17). The summed E-state index contributed by atoms with van der Waals surface area (Å²) in [5.74, 6) is 0.260. The Morgan fingerprint density at radius 1 is 1.56 bits per heavy atom. The minimum atomic E-state index is -1.00. The maximum Gasteiger partial charge on any atom is 0.354 e. The van der Waals surface area contributed by atoms with Gasteiger partial charge in [-0.25, -0.2) is 9.78 Å². The molecule has 0 saturated carbocycles. The molecule has 0 radical (unpaired) electrons. The number of hydrogen-bond acceptors (Lipinski definition) is 3. The molecule has 1 aromatic carbocycles. The zero-order valence-electron chi connectivity index (χ0n) is 9.63. The summed E-state index contributed by atoms with van der Waals surface area (Å²) in [5, 5.41) is 8.89. The van der Waals surface area contributed by atoms with Crippen molar-refractivity contribution in [1.82, 2.24) is 9.55 Å². The van der Waals surface area contributed by atoms with E-state index in [1.165, 1.54) is 10.8 Å². The van der Waals surface area contributed by atoms with Crippen molar-refractivity contribution in [3.8, 4) is 5.75 Å². The van der Waals surface area contributed by atoms with Crippen LogP contribution >= 0.6 is 15.9 Å². The minimum Gasteiger partial charge on any atom is -0.486 e. The Bertz CT molecular complexity index is 580. The fourth-order valence-electron chi connectivity index (χ4n) is 1.49. The van der Waals surface area contributed by atoms with Gasteiger partial charge in [-0.1, -0.05) is 22.0 Å².